The fraction of sp³-hybridized carbons (Fsp3) is 0.280. The summed E-state index contributed by atoms with van der Waals surface area (Å²) >= 11 is 0. The number of nitrogens with zero attached hydrogens (tertiary/aromatic N) is 2. The first-order valence-electron chi connectivity index (χ1n) is 10.2. The number of anilines is 1. The standard InChI is InChI=1S/C25H27FN2O4/c1-16-7-5-9-21(25(16)26)15-28(22-10-6-8-20(13-22)19(4)30)24(32)14-23(31)18(3)27-12-11-17(2)29/h5-13,17,29H,14-15H2,1-4H3/b12-11-,27-18?. The molecule has 168 valence electrons. The van der Waals surface area contributed by atoms with Gasteiger partial charge in [-0.15, -0.1) is 0 Å². The molecule has 0 aromatic heterocycles. The number of Topliss-reactive ketones (excluding diaryl/α,β-unsaturated/α-hetero) is 2. The SMILES string of the molecule is CC(=O)c1cccc(N(Cc2cccc(C)c2F)C(=O)CC(=O)C(C)=N/C=C\C(C)O)c1. The Morgan fingerprint density at radius 3 is 2.50 bits per heavy atom. The number of carbonyl (C=O) groups excluding carboxylic acids is 3. The Kier molecular flexibility index (Phi) is 8.72. The zero-order valence-corrected chi connectivity index (χ0v) is 18.6. The van der Waals surface area contributed by atoms with E-state index in [0.717, 1.165) is 0 Å². The smallest absolute Gasteiger partial charge is 0.235 e. The quantitative estimate of drug-likeness (QED) is 0.361. The lowest BCUT2D eigenvalue weighted by atomic mass is 10.1. The maximum absolute atomic E-state index is 14.6. The van der Waals surface area contributed by atoms with Crippen molar-refractivity contribution in [2.24, 2.45) is 4.99 Å². The highest BCUT2D eigenvalue weighted by molar-refractivity contribution is 6.42. The Hall–Kier alpha value is -3.45. The monoisotopic (exact) mass is 438 g/mol. The van der Waals surface area contributed by atoms with E-state index in [4.69, 9.17) is 0 Å². The topological polar surface area (TPSA) is 87.0 Å². The van der Waals surface area contributed by atoms with Crippen LogP contribution < -0.4 is 4.90 Å². The molecule has 0 fully saturated rings. The summed E-state index contributed by atoms with van der Waals surface area (Å²) in [4.78, 5) is 42.7. The van der Waals surface area contributed by atoms with Crippen molar-refractivity contribution in [1.29, 1.82) is 0 Å². The second kappa shape index (κ2) is 11.2. The predicted molar refractivity (Wildman–Crippen MR) is 122 cm³/mol. The van der Waals surface area contributed by atoms with Crippen LogP contribution in [0.15, 0.2) is 59.7 Å². The third-order valence-corrected chi connectivity index (χ3v) is 4.81. The van der Waals surface area contributed by atoms with E-state index in [1.54, 1.807) is 56.3 Å². The van der Waals surface area contributed by atoms with E-state index in [2.05, 4.69) is 4.99 Å². The molecule has 2 aromatic rings. The number of halogens is 1. The first kappa shape index (κ1) is 24.8. The van der Waals surface area contributed by atoms with Gasteiger partial charge in [0.2, 0.25) is 5.91 Å². The molecular weight excluding hydrogens is 411 g/mol. The lowest BCUT2D eigenvalue weighted by molar-refractivity contribution is -0.123. The van der Waals surface area contributed by atoms with Crippen LogP contribution in [0.2, 0.25) is 0 Å². The molecule has 0 aliphatic rings. The van der Waals surface area contributed by atoms with Gasteiger partial charge in [-0.1, -0.05) is 30.3 Å². The molecule has 7 heteroatoms. The Morgan fingerprint density at radius 2 is 1.84 bits per heavy atom. The molecule has 32 heavy (non-hydrogen) atoms. The van der Waals surface area contributed by atoms with Gasteiger partial charge in [-0.2, -0.15) is 0 Å². The minimum Gasteiger partial charge on any atom is -0.389 e. The van der Waals surface area contributed by atoms with Crippen molar-refractivity contribution in [2.75, 3.05) is 4.90 Å². The highest BCUT2D eigenvalue weighted by atomic mass is 19.1. The number of aryl methyl sites for hydroxylation is 1. The number of hydrogen-bond acceptors (Lipinski definition) is 5. The van der Waals surface area contributed by atoms with E-state index in [1.165, 1.54) is 31.0 Å². The van der Waals surface area contributed by atoms with Gasteiger partial charge in [0, 0.05) is 23.0 Å². The second-order valence-electron chi connectivity index (χ2n) is 7.53. The predicted octanol–water partition coefficient (Wildman–Crippen LogP) is 4.18. The molecular formula is C25H27FN2O4. The van der Waals surface area contributed by atoms with E-state index in [-0.39, 0.29) is 18.0 Å². The van der Waals surface area contributed by atoms with Gasteiger partial charge < -0.3 is 10.0 Å². The molecule has 0 saturated heterocycles. The molecule has 6 nitrogen and oxygen atoms in total. The van der Waals surface area contributed by atoms with Gasteiger partial charge in [0.05, 0.1) is 24.8 Å². The number of aliphatic imine (C=N–C) groups is 1. The van der Waals surface area contributed by atoms with Gasteiger partial charge in [-0.05, 0) is 51.5 Å². The molecule has 0 spiro atoms. The highest BCUT2D eigenvalue weighted by Gasteiger charge is 2.22. The molecule has 0 bridgehead atoms. The van der Waals surface area contributed by atoms with Crippen molar-refractivity contribution in [3.63, 3.8) is 0 Å². The van der Waals surface area contributed by atoms with E-state index < -0.39 is 30.0 Å². The van der Waals surface area contributed by atoms with E-state index >= 15 is 0 Å². The van der Waals surface area contributed by atoms with Gasteiger partial charge in [0.1, 0.15) is 5.82 Å². The molecule has 0 heterocycles. The van der Waals surface area contributed by atoms with Crippen LogP contribution >= 0.6 is 0 Å². The van der Waals surface area contributed by atoms with Crippen LogP contribution in [0.4, 0.5) is 10.1 Å². The third-order valence-electron chi connectivity index (χ3n) is 4.81. The largest absolute Gasteiger partial charge is 0.389 e. The Balaban J connectivity index is 2.36. The number of hydrogen-bond donors (Lipinski definition) is 1. The summed E-state index contributed by atoms with van der Waals surface area (Å²) in [6, 6.07) is 11.3. The molecule has 2 rings (SSSR count). The van der Waals surface area contributed by atoms with Crippen LogP contribution in [0, 0.1) is 12.7 Å². The van der Waals surface area contributed by atoms with E-state index in [9.17, 15) is 23.9 Å². The average molecular weight is 438 g/mol. The second-order valence-corrected chi connectivity index (χ2v) is 7.53. The van der Waals surface area contributed by atoms with Gasteiger partial charge >= 0.3 is 0 Å². The number of benzene rings is 2. The Bertz CT molecular complexity index is 1070. The van der Waals surface area contributed by atoms with Gasteiger partial charge in [-0.25, -0.2) is 4.39 Å². The van der Waals surface area contributed by atoms with Crippen LogP contribution in [0.5, 0.6) is 0 Å². The average Bonchev–Trinajstić information content (AvgIpc) is 2.74. The number of aliphatic hydroxyl groups is 1. The van der Waals surface area contributed by atoms with Crippen molar-refractivity contribution < 1.29 is 23.9 Å². The van der Waals surface area contributed by atoms with Crippen molar-refractivity contribution in [3.8, 4) is 0 Å². The van der Waals surface area contributed by atoms with Crippen molar-refractivity contribution in [3.05, 3.63) is 77.2 Å². The number of ketones is 2. The summed E-state index contributed by atoms with van der Waals surface area (Å²) < 4.78 is 14.6. The molecule has 1 amide bonds. The third kappa shape index (κ3) is 6.78. The summed E-state index contributed by atoms with van der Waals surface area (Å²) in [5.74, 6) is -1.65. The maximum Gasteiger partial charge on any atom is 0.235 e. The zero-order valence-electron chi connectivity index (χ0n) is 18.6. The van der Waals surface area contributed by atoms with Crippen LogP contribution in [-0.4, -0.2) is 34.4 Å². The maximum atomic E-state index is 14.6. The molecule has 1 unspecified atom stereocenters. The molecule has 0 radical (unpaired) electrons. The molecule has 1 atom stereocenters. The Labute approximate surface area is 187 Å². The molecule has 2 aromatic carbocycles. The summed E-state index contributed by atoms with van der Waals surface area (Å²) in [6.07, 6.45) is 1.52. The van der Waals surface area contributed by atoms with Crippen molar-refractivity contribution >= 4 is 28.9 Å². The van der Waals surface area contributed by atoms with Gasteiger partial charge in [-0.3, -0.25) is 19.4 Å². The van der Waals surface area contributed by atoms with Crippen LogP contribution in [-0.2, 0) is 16.1 Å². The summed E-state index contributed by atoms with van der Waals surface area (Å²) in [5.41, 5.74) is 1.63. The number of carbonyl (C=O) groups is 3. The van der Waals surface area contributed by atoms with Crippen LogP contribution in [0.3, 0.4) is 0 Å². The normalized spacial score (nSPS) is 12.6. The van der Waals surface area contributed by atoms with Crippen molar-refractivity contribution in [2.45, 2.75) is 46.8 Å². The number of amides is 1. The molecule has 1 N–H and O–H groups in total. The van der Waals surface area contributed by atoms with Gasteiger partial charge in [0.25, 0.3) is 0 Å². The minimum atomic E-state index is -0.712. The van der Waals surface area contributed by atoms with E-state index in [0.29, 0.717) is 22.4 Å². The lowest BCUT2D eigenvalue weighted by Gasteiger charge is -2.24. The van der Waals surface area contributed by atoms with Crippen LogP contribution in [0.1, 0.15) is 48.7 Å². The first-order chi connectivity index (χ1) is 15.1. The summed E-state index contributed by atoms with van der Waals surface area (Å²) in [6.45, 7) is 5.97. The van der Waals surface area contributed by atoms with E-state index in [1.807, 2.05) is 0 Å². The molecule has 0 aliphatic heterocycles. The van der Waals surface area contributed by atoms with Crippen LogP contribution in [0.25, 0.3) is 0 Å². The van der Waals surface area contributed by atoms with Gasteiger partial charge in [0.15, 0.2) is 11.6 Å². The first-order valence-corrected chi connectivity index (χ1v) is 10.2. The lowest BCUT2D eigenvalue weighted by Crippen LogP contribution is -2.33. The minimum absolute atomic E-state index is 0.0981. The zero-order chi connectivity index (χ0) is 23.8. The number of aliphatic hydroxyl groups excluding tert-OH is 1. The Morgan fingerprint density at radius 1 is 1.16 bits per heavy atom. The molecule has 0 aliphatic carbocycles. The highest BCUT2D eigenvalue weighted by Crippen LogP contribution is 2.23. The van der Waals surface area contributed by atoms with Crippen molar-refractivity contribution in [1.82, 2.24) is 0 Å². The fourth-order valence-corrected chi connectivity index (χ4v) is 2.93. The number of rotatable bonds is 9. The summed E-state index contributed by atoms with van der Waals surface area (Å²) in [5, 5.41) is 9.24. The molecule has 0 saturated carbocycles. The summed E-state index contributed by atoms with van der Waals surface area (Å²) in [7, 11) is 0. The fourth-order valence-electron chi connectivity index (χ4n) is 2.93.